The van der Waals surface area contributed by atoms with E-state index in [1.54, 1.807) is 4.90 Å². The summed E-state index contributed by atoms with van der Waals surface area (Å²) in [5.74, 6) is 0. The quantitative estimate of drug-likeness (QED) is 0.857. The summed E-state index contributed by atoms with van der Waals surface area (Å²) in [5.41, 5.74) is 7.71. The third-order valence-electron chi connectivity index (χ3n) is 3.37. The van der Waals surface area contributed by atoms with Gasteiger partial charge in [-0.15, -0.1) is 0 Å². The van der Waals surface area contributed by atoms with Crippen LogP contribution in [-0.4, -0.2) is 48.7 Å². The third kappa shape index (κ3) is 3.86. The smallest absolute Gasteiger partial charge is 0.409 e. The maximum Gasteiger partial charge on any atom is 0.409 e. The first-order valence-electron chi connectivity index (χ1n) is 6.78. The molecule has 6 heteroatoms. The first-order chi connectivity index (χ1) is 9.60. The Labute approximate surface area is 127 Å². The number of amides is 1. The molecule has 1 aliphatic heterocycles. The van der Waals surface area contributed by atoms with Crippen molar-refractivity contribution in [3.8, 4) is 0 Å². The Morgan fingerprint density at radius 3 is 2.65 bits per heavy atom. The molecule has 2 N–H and O–H groups in total. The SMILES string of the molecule is CCOC(=O)N1CCN(Cc2ccc(N)cc2Br)CC1. The van der Waals surface area contributed by atoms with Crippen molar-refractivity contribution in [2.75, 3.05) is 38.5 Å². The normalized spacial score (nSPS) is 16.2. The van der Waals surface area contributed by atoms with Crippen molar-refractivity contribution in [1.82, 2.24) is 9.80 Å². The Balaban J connectivity index is 1.86. The molecule has 0 spiro atoms. The summed E-state index contributed by atoms with van der Waals surface area (Å²) in [6.45, 7) is 6.25. The van der Waals surface area contributed by atoms with E-state index in [2.05, 4.69) is 20.8 Å². The molecule has 0 saturated carbocycles. The molecule has 0 aliphatic carbocycles. The van der Waals surface area contributed by atoms with Crippen molar-refractivity contribution < 1.29 is 9.53 Å². The number of hydrogen-bond acceptors (Lipinski definition) is 4. The fourth-order valence-electron chi connectivity index (χ4n) is 2.24. The molecule has 1 saturated heterocycles. The number of nitrogens with zero attached hydrogens (tertiary/aromatic N) is 2. The lowest BCUT2D eigenvalue weighted by molar-refractivity contribution is 0.0778. The third-order valence-corrected chi connectivity index (χ3v) is 4.11. The average Bonchev–Trinajstić information content (AvgIpc) is 2.43. The molecule has 1 heterocycles. The van der Waals surface area contributed by atoms with Gasteiger partial charge in [0.25, 0.3) is 0 Å². The number of carbonyl (C=O) groups is 1. The number of anilines is 1. The van der Waals surface area contributed by atoms with Gasteiger partial charge in [0.2, 0.25) is 0 Å². The predicted molar refractivity (Wildman–Crippen MR) is 82.4 cm³/mol. The number of nitrogens with two attached hydrogens (primary N) is 1. The molecule has 1 aromatic rings. The van der Waals surface area contributed by atoms with Crippen molar-refractivity contribution in [3.63, 3.8) is 0 Å². The van der Waals surface area contributed by atoms with Crippen molar-refractivity contribution in [3.05, 3.63) is 28.2 Å². The topological polar surface area (TPSA) is 58.8 Å². The van der Waals surface area contributed by atoms with Crippen molar-refractivity contribution in [2.24, 2.45) is 0 Å². The second-order valence-electron chi connectivity index (χ2n) is 4.81. The van der Waals surface area contributed by atoms with Crippen LogP contribution in [0.4, 0.5) is 10.5 Å². The first kappa shape index (κ1) is 15.1. The van der Waals surface area contributed by atoms with Crippen molar-refractivity contribution >= 4 is 27.7 Å². The van der Waals surface area contributed by atoms with Gasteiger partial charge in [-0.05, 0) is 24.6 Å². The molecule has 20 heavy (non-hydrogen) atoms. The molecule has 1 amide bonds. The van der Waals surface area contributed by atoms with Crippen LogP contribution in [0.25, 0.3) is 0 Å². The van der Waals surface area contributed by atoms with Gasteiger partial charge in [-0.3, -0.25) is 4.90 Å². The molecule has 1 fully saturated rings. The van der Waals surface area contributed by atoms with E-state index in [4.69, 9.17) is 10.5 Å². The van der Waals surface area contributed by atoms with Crippen LogP contribution in [-0.2, 0) is 11.3 Å². The van der Waals surface area contributed by atoms with Gasteiger partial charge in [-0.2, -0.15) is 0 Å². The van der Waals surface area contributed by atoms with Gasteiger partial charge in [0, 0.05) is 42.9 Å². The number of carbonyl (C=O) groups excluding carboxylic acids is 1. The van der Waals surface area contributed by atoms with E-state index in [0.29, 0.717) is 19.7 Å². The molecule has 110 valence electrons. The number of hydrogen-bond donors (Lipinski definition) is 1. The number of piperazine rings is 1. The molecule has 2 rings (SSSR count). The lowest BCUT2D eigenvalue weighted by atomic mass is 10.2. The van der Waals surface area contributed by atoms with E-state index >= 15 is 0 Å². The van der Waals surface area contributed by atoms with Crippen LogP contribution in [0.5, 0.6) is 0 Å². The molecular formula is C14H20BrN3O2. The number of rotatable bonds is 3. The summed E-state index contributed by atoms with van der Waals surface area (Å²) in [6, 6.07) is 5.87. The van der Waals surface area contributed by atoms with Gasteiger partial charge in [0.1, 0.15) is 0 Å². The van der Waals surface area contributed by atoms with Crippen LogP contribution < -0.4 is 5.73 Å². The van der Waals surface area contributed by atoms with E-state index in [9.17, 15) is 4.79 Å². The molecule has 0 unspecified atom stereocenters. The standard InChI is InChI=1S/C14H20BrN3O2/c1-2-20-14(19)18-7-5-17(6-8-18)10-11-3-4-12(16)9-13(11)15/h3-4,9H,2,5-8,10,16H2,1H3. The second kappa shape index (κ2) is 6.95. The minimum atomic E-state index is -0.208. The van der Waals surface area contributed by atoms with Crippen LogP contribution >= 0.6 is 15.9 Å². The second-order valence-corrected chi connectivity index (χ2v) is 5.67. The van der Waals surface area contributed by atoms with Gasteiger partial charge in [0.15, 0.2) is 0 Å². The number of benzene rings is 1. The minimum Gasteiger partial charge on any atom is -0.450 e. The molecule has 1 aromatic carbocycles. The van der Waals surface area contributed by atoms with E-state index in [0.717, 1.165) is 29.8 Å². The molecule has 5 nitrogen and oxygen atoms in total. The van der Waals surface area contributed by atoms with E-state index in [1.165, 1.54) is 5.56 Å². The largest absolute Gasteiger partial charge is 0.450 e. The summed E-state index contributed by atoms with van der Waals surface area (Å²) in [6.07, 6.45) is -0.208. The Morgan fingerprint density at radius 2 is 2.05 bits per heavy atom. The van der Waals surface area contributed by atoms with Gasteiger partial charge < -0.3 is 15.4 Å². The molecular weight excluding hydrogens is 322 g/mol. The van der Waals surface area contributed by atoms with Crippen LogP contribution in [0.1, 0.15) is 12.5 Å². The van der Waals surface area contributed by atoms with Gasteiger partial charge in [-0.25, -0.2) is 4.79 Å². The zero-order chi connectivity index (χ0) is 14.5. The van der Waals surface area contributed by atoms with Gasteiger partial charge in [-0.1, -0.05) is 22.0 Å². The maximum absolute atomic E-state index is 11.6. The lowest BCUT2D eigenvalue weighted by Gasteiger charge is -2.34. The van der Waals surface area contributed by atoms with Crippen LogP contribution in [0.2, 0.25) is 0 Å². The van der Waals surface area contributed by atoms with Gasteiger partial charge >= 0.3 is 6.09 Å². The van der Waals surface area contributed by atoms with Crippen LogP contribution in [0, 0.1) is 0 Å². The Kier molecular flexibility index (Phi) is 5.25. The number of nitrogen functional groups attached to an aromatic ring is 1. The molecule has 0 aromatic heterocycles. The number of ether oxygens (including phenoxy) is 1. The molecule has 0 radical (unpaired) electrons. The zero-order valence-electron chi connectivity index (χ0n) is 11.6. The highest BCUT2D eigenvalue weighted by atomic mass is 79.9. The van der Waals surface area contributed by atoms with Crippen molar-refractivity contribution in [2.45, 2.75) is 13.5 Å². The Hall–Kier alpha value is -1.27. The zero-order valence-corrected chi connectivity index (χ0v) is 13.2. The molecule has 0 atom stereocenters. The summed E-state index contributed by atoms with van der Waals surface area (Å²) < 4.78 is 6.05. The molecule has 1 aliphatic rings. The van der Waals surface area contributed by atoms with E-state index < -0.39 is 0 Å². The maximum atomic E-state index is 11.6. The minimum absolute atomic E-state index is 0.208. The Bertz CT molecular complexity index is 473. The fraction of sp³-hybridized carbons (Fsp3) is 0.500. The lowest BCUT2D eigenvalue weighted by Crippen LogP contribution is -2.48. The summed E-state index contributed by atoms with van der Waals surface area (Å²) in [5, 5.41) is 0. The van der Waals surface area contributed by atoms with Gasteiger partial charge in [0.05, 0.1) is 6.61 Å². The Morgan fingerprint density at radius 1 is 1.35 bits per heavy atom. The average molecular weight is 342 g/mol. The fourth-order valence-corrected chi connectivity index (χ4v) is 2.76. The summed E-state index contributed by atoms with van der Waals surface area (Å²) in [4.78, 5) is 15.7. The summed E-state index contributed by atoms with van der Waals surface area (Å²) >= 11 is 3.54. The monoisotopic (exact) mass is 341 g/mol. The summed E-state index contributed by atoms with van der Waals surface area (Å²) in [7, 11) is 0. The van der Waals surface area contributed by atoms with Crippen molar-refractivity contribution in [1.29, 1.82) is 0 Å². The number of halogens is 1. The highest BCUT2D eigenvalue weighted by Gasteiger charge is 2.22. The molecule has 0 bridgehead atoms. The van der Waals surface area contributed by atoms with Crippen LogP contribution in [0.15, 0.2) is 22.7 Å². The highest BCUT2D eigenvalue weighted by molar-refractivity contribution is 9.10. The predicted octanol–water partition coefficient (Wildman–Crippen LogP) is 2.31. The van der Waals surface area contributed by atoms with E-state index in [-0.39, 0.29) is 6.09 Å². The van der Waals surface area contributed by atoms with E-state index in [1.807, 2.05) is 25.1 Å². The highest BCUT2D eigenvalue weighted by Crippen LogP contribution is 2.21. The van der Waals surface area contributed by atoms with Crippen LogP contribution in [0.3, 0.4) is 0 Å². The first-order valence-corrected chi connectivity index (χ1v) is 7.57.